The third-order valence-electron chi connectivity index (χ3n) is 3.15. The van der Waals surface area contributed by atoms with Crippen LogP contribution in [0.4, 0.5) is 22.0 Å². The minimum absolute atomic E-state index is 0.454. The predicted molar refractivity (Wildman–Crippen MR) is 50.7 cm³/mol. The summed E-state index contributed by atoms with van der Waals surface area (Å²) in [6.45, 7) is 2.84. The quantitative estimate of drug-likeness (QED) is 0.749. The molecule has 2 atom stereocenters. The SMILES string of the molecule is CC1(C)[C@@H](/C=C(\Cl)C(F)(F)C(F)(F)F)[C@@H]1C(=O)[O-]. The lowest BCUT2D eigenvalue weighted by Gasteiger charge is -2.18. The van der Waals surface area contributed by atoms with Crippen LogP contribution in [0.5, 0.6) is 0 Å². The lowest BCUT2D eigenvalue weighted by Crippen LogP contribution is -2.36. The van der Waals surface area contributed by atoms with Crippen LogP contribution < -0.4 is 5.11 Å². The highest BCUT2D eigenvalue weighted by Crippen LogP contribution is 2.60. The fourth-order valence-corrected chi connectivity index (χ4v) is 2.08. The minimum atomic E-state index is -5.81. The summed E-state index contributed by atoms with van der Waals surface area (Å²) >= 11 is 4.97. The monoisotopic (exact) mass is 291 g/mol. The summed E-state index contributed by atoms with van der Waals surface area (Å²) in [6.07, 6.45) is -5.36. The van der Waals surface area contributed by atoms with E-state index < -0.39 is 40.4 Å². The smallest absolute Gasteiger partial charge is 0.459 e. The molecule has 104 valence electrons. The zero-order chi connectivity index (χ0) is 14.5. The van der Waals surface area contributed by atoms with Gasteiger partial charge in [0.1, 0.15) is 0 Å². The first-order chi connectivity index (χ1) is 7.83. The van der Waals surface area contributed by atoms with Crippen LogP contribution in [0.2, 0.25) is 0 Å². The van der Waals surface area contributed by atoms with Gasteiger partial charge in [0, 0.05) is 11.9 Å². The van der Waals surface area contributed by atoms with Crippen LogP contribution in [0.15, 0.2) is 11.1 Å². The maximum absolute atomic E-state index is 12.8. The fourth-order valence-electron chi connectivity index (χ4n) is 1.84. The third-order valence-corrected chi connectivity index (χ3v) is 3.51. The first kappa shape index (κ1) is 15.2. The van der Waals surface area contributed by atoms with Gasteiger partial charge in [0.2, 0.25) is 0 Å². The van der Waals surface area contributed by atoms with Gasteiger partial charge < -0.3 is 9.90 Å². The van der Waals surface area contributed by atoms with Gasteiger partial charge in [-0.3, -0.25) is 0 Å². The average Bonchev–Trinajstić information content (AvgIpc) is 2.65. The summed E-state index contributed by atoms with van der Waals surface area (Å²) in [7, 11) is 0. The van der Waals surface area contributed by atoms with Crippen molar-refractivity contribution in [2.45, 2.75) is 25.9 Å². The number of carbonyl (C=O) groups is 1. The molecule has 0 bridgehead atoms. The molecule has 0 aromatic heterocycles. The second kappa shape index (κ2) is 4.08. The number of rotatable bonds is 3. The van der Waals surface area contributed by atoms with Crippen molar-refractivity contribution in [1.82, 2.24) is 0 Å². The standard InChI is InChI=1S/C10H10ClF5O2/c1-8(2)4(6(8)7(17)18)3-5(11)9(12,13)10(14,15)16/h3-4,6H,1-2H3,(H,17,18)/p-1/b5-3-/t4-,6+/m0/s1. The van der Waals surface area contributed by atoms with Crippen molar-refractivity contribution in [3.8, 4) is 0 Å². The van der Waals surface area contributed by atoms with E-state index in [1.807, 2.05) is 0 Å². The molecule has 1 aliphatic rings. The zero-order valence-corrected chi connectivity index (χ0v) is 10.1. The Bertz CT molecular complexity index is 400. The number of alkyl halides is 5. The molecule has 2 nitrogen and oxygen atoms in total. The van der Waals surface area contributed by atoms with Crippen LogP contribution in [-0.2, 0) is 4.79 Å². The molecule has 1 saturated carbocycles. The van der Waals surface area contributed by atoms with E-state index in [-0.39, 0.29) is 0 Å². The van der Waals surface area contributed by atoms with Crippen LogP contribution in [0.1, 0.15) is 13.8 Å². The highest BCUT2D eigenvalue weighted by Gasteiger charge is 2.62. The highest BCUT2D eigenvalue weighted by molar-refractivity contribution is 6.30. The number of carboxylic acids is 1. The number of carbonyl (C=O) groups excluding carboxylic acids is 1. The summed E-state index contributed by atoms with van der Waals surface area (Å²) < 4.78 is 61.6. The number of aliphatic carboxylic acids is 1. The van der Waals surface area contributed by atoms with Gasteiger partial charge in [-0.15, -0.1) is 0 Å². The summed E-state index contributed by atoms with van der Waals surface area (Å²) in [6, 6.07) is 0. The summed E-state index contributed by atoms with van der Waals surface area (Å²) in [5.41, 5.74) is -0.944. The fraction of sp³-hybridized carbons (Fsp3) is 0.700. The number of halogens is 6. The van der Waals surface area contributed by atoms with Gasteiger partial charge in [-0.05, 0) is 11.3 Å². The molecule has 0 saturated heterocycles. The molecule has 8 heteroatoms. The van der Waals surface area contributed by atoms with Crippen molar-refractivity contribution >= 4 is 17.6 Å². The van der Waals surface area contributed by atoms with Crippen molar-refractivity contribution in [3.63, 3.8) is 0 Å². The Morgan fingerprint density at radius 2 is 1.72 bits per heavy atom. The molecule has 1 fully saturated rings. The number of carboxylic acid groups (broad SMARTS) is 1. The van der Waals surface area contributed by atoms with Gasteiger partial charge in [-0.2, -0.15) is 22.0 Å². The Morgan fingerprint density at radius 1 is 1.28 bits per heavy atom. The van der Waals surface area contributed by atoms with Crippen molar-refractivity contribution in [2.24, 2.45) is 17.3 Å². The van der Waals surface area contributed by atoms with Gasteiger partial charge in [0.25, 0.3) is 0 Å². The Kier molecular flexibility index (Phi) is 3.45. The van der Waals surface area contributed by atoms with Gasteiger partial charge in [0.15, 0.2) is 0 Å². The molecule has 0 aromatic carbocycles. The third kappa shape index (κ3) is 2.32. The topological polar surface area (TPSA) is 40.1 Å². The zero-order valence-electron chi connectivity index (χ0n) is 9.32. The number of hydrogen-bond donors (Lipinski definition) is 0. The van der Waals surface area contributed by atoms with Crippen LogP contribution in [-0.4, -0.2) is 18.1 Å². The molecule has 0 aromatic rings. The highest BCUT2D eigenvalue weighted by atomic mass is 35.5. The van der Waals surface area contributed by atoms with E-state index in [9.17, 15) is 31.9 Å². The summed E-state index contributed by atoms with van der Waals surface area (Å²) in [4.78, 5) is 10.6. The van der Waals surface area contributed by atoms with Crippen LogP contribution in [0.25, 0.3) is 0 Å². The molecule has 0 unspecified atom stereocenters. The van der Waals surface area contributed by atoms with E-state index >= 15 is 0 Å². The first-order valence-electron chi connectivity index (χ1n) is 4.86. The molecule has 0 amide bonds. The molecule has 0 aliphatic heterocycles. The Hall–Kier alpha value is -0.850. The number of hydrogen-bond acceptors (Lipinski definition) is 2. The van der Waals surface area contributed by atoms with Crippen LogP contribution >= 0.6 is 11.6 Å². The molecule has 1 rings (SSSR count). The molecule has 1 aliphatic carbocycles. The normalized spacial score (nSPS) is 28.1. The van der Waals surface area contributed by atoms with Crippen molar-refractivity contribution in [1.29, 1.82) is 0 Å². The lowest BCUT2D eigenvalue weighted by atomic mass is 10.1. The summed E-state index contributed by atoms with van der Waals surface area (Å²) in [5.74, 6) is -8.79. The Labute approximate surface area is 104 Å². The van der Waals surface area contributed by atoms with Crippen molar-refractivity contribution < 1.29 is 31.9 Å². The van der Waals surface area contributed by atoms with E-state index in [1.54, 1.807) is 0 Å². The van der Waals surface area contributed by atoms with Gasteiger partial charge in [0.05, 0.1) is 5.03 Å². The van der Waals surface area contributed by atoms with E-state index in [1.165, 1.54) is 13.8 Å². The van der Waals surface area contributed by atoms with Gasteiger partial charge >= 0.3 is 12.1 Å². The van der Waals surface area contributed by atoms with E-state index in [2.05, 4.69) is 0 Å². The maximum Gasteiger partial charge on any atom is 0.459 e. The molecule has 18 heavy (non-hydrogen) atoms. The van der Waals surface area contributed by atoms with E-state index in [4.69, 9.17) is 11.6 Å². The summed E-state index contributed by atoms with van der Waals surface area (Å²) in [5, 5.41) is 8.91. The lowest BCUT2D eigenvalue weighted by molar-refractivity contribution is -0.309. The van der Waals surface area contributed by atoms with E-state index in [0.717, 1.165) is 0 Å². The van der Waals surface area contributed by atoms with E-state index in [0.29, 0.717) is 6.08 Å². The Morgan fingerprint density at radius 3 is 2.00 bits per heavy atom. The predicted octanol–water partition coefficient (Wildman–Crippen LogP) is 2.33. The van der Waals surface area contributed by atoms with Crippen molar-refractivity contribution in [2.75, 3.05) is 0 Å². The number of allylic oxidation sites excluding steroid dienone is 2. The maximum atomic E-state index is 12.8. The average molecular weight is 292 g/mol. The molecule has 0 N–H and O–H groups in total. The second-order valence-electron chi connectivity index (χ2n) is 4.73. The van der Waals surface area contributed by atoms with Crippen molar-refractivity contribution in [3.05, 3.63) is 11.1 Å². The molecule has 0 radical (unpaired) electrons. The van der Waals surface area contributed by atoms with Crippen LogP contribution in [0.3, 0.4) is 0 Å². The second-order valence-corrected chi connectivity index (χ2v) is 5.14. The molecular formula is C10H9ClF5O2-. The van der Waals surface area contributed by atoms with Gasteiger partial charge in [-0.1, -0.05) is 31.5 Å². The molecule has 0 spiro atoms. The molecular weight excluding hydrogens is 283 g/mol. The van der Waals surface area contributed by atoms with Gasteiger partial charge in [-0.25, -0.2) is 0 Å². The largest absolute Gasteiger partial charge is 0.550 e. The molecule has 0 heterocycles. The Balaban J connectivity index is 2.97. The minimum Gasteiger partial charge on any atom is -0.550 e. The first-order valence-corrected chi connectivity index (χ1v) is 5.24. The van der Waals surface area contributed by atoms with Crippen LogP contribution in [0, 0.1) is 17.3 Å².